The summed E-state index contributed by atoms with van der Waals surface area (Å²) in [5.41, 5.74) is 0.859. The Morgan fingerprint density at radius 1 is 1.57 bits per heavy atom. The maximum absolute atomic E-state index is 11.1. The van der Waals surface area contributed by atoms with Crippen molar-refractivity contribution in [3.05, 3.63) is 33.4 Å². The molecule has 1 aromatic rings. The molecule has 0 spiro atoms. The summed E-state index contributed by atoms with van der Waals surface area (Å²) in [6.45, 7) is 4.88. The lowest BCUT2D eigenvalue weighted by Gasteiger charge is -2.28. The molecule has 0 aliphatic carbocycles. The minimum absolute atomic E-state index is 0.190. The number of aryl methyl sites for hydroxylation is 1. The molecule has 0 saturated carbocycles. The van der Waals surface area contributed by atoms with Gasteiger partial charge >= 0.3 is 5.97 Å². The highest BCUT2D eigenvalue weighted by molar-refractivity contribution is 5.93. The molecule has 2 rings (SSSR count). The highest BCUT2D eigenvalue weighted by Crippen LogP contribution is 2.32. The molecule has 1 aliphatic rings. The molecule has 114 valence electrons. The number of hydrogen-bond acceptors (Lipinski definition) is 5. The molecular weight excluding hydrogens is 274 g/mol. The molecule has 3 N–H and O–H groups in total. The second kappa shape index (κ2) is 6.09. The van der Waals surface area contributed by atoms with Crippen molar-refractivity contribution in [2.45, 2.75) is 38.8 Å². The van der Waals surface area contributed by atoms with Crippen LogP contribution in [-0.4, -0.2) is 34.6 Å². The summed E-state index contributed by atoms with van der Waals surface area (Å²) in [6, 6.07) is 3.31. The number of benzene rings is 1. The Morgan fingerprint density at radius 2 is 2.29 bits per heavy atom. The maximum Gasteiger partial charge on any atom is 0.342 e. The zero-order valence-corrected chi connectivity index (χ0v) is 12.0. The number of anilines is 1. The Morgan fingerprint density at radius 3 is 2.86 bits per heavy atom. The minimum Gasteiger partial charge on any atom is -0.477 e. The van der Waals surface area contributed by atoms with Gasteiger partial charge in [0, 0.05) is 30.4 Å². The van der Waals surface area contributed by atoms with Crippen LogP contribution in [0.5, 0.6) is 0 Å². The molecular formula is C14H19N3O4. The number of nitro benzene ring substituents is 1. The highest BCUT2D eigenvalue weighted by Gasteiger charge is 2.26. The van der Waals surface area contributed by atoms with Crippen LogP contribution in [0.1, 0.15) is 36.2 Å². The Balaban J connectivity index is 2.25. The van der Waals surface area contributed by atoms with Gasteiger partial charge in [0.15, 0.2) is 0 Å². The van der Waals surface area contributed by atoms with E-state index >= 15 is 0 Å². The van der Waals surface area contributed by atoms with E-state index in [1.807, 2.05) is 0 Å². The van der Waals surface area contributed by atoms with Crippen molar-refractivity contribution in [1.29, 1.82) is 0 Å². The van der Waals surface area contributed by atoms with Crippen molar-refractivity contribution in [1.82, 2.24) is 5.32 Å². The van der Waals surface area contributed by atoms with E-state index in [0.29, 0.717) is 18.2 Å². The molecule has 0 aromatic heterocycles. The Labute approximate surface area is 122 Å². The van der Waals surface area contributed by atoms with Gasteiger partial charge in [-0.05, 0) is 24.5 Å². The lowest BCUT2D eigenvalue weighted by atomic mass is 9.95. The van der Waals surface area contributed by atoms with Crippen molar-refractivity contribution >= 4 is 17.3 Å². The number of carboxylic acids is 1. The standard InChI is InChI=1S/C14H19N3O4/c1-8(2)15-7-10-4-3-9-5-11(14(18)19)13(17(20)21)6-12(9)16-10/h5-6,8,10,15-16H,3-4,7H2,1-2H3,(H,18,19). The third kappa shape index (κ3) is 3.49. The van der Waals surface area contributed by atoms with Crippen LogP contribution in [0.4, 0.5) is 11.4 Å². The monoisotopic (exact) mass is 293 g/mol. The molecule has 1 aromatic carbocycles. The van der Waals surface area contributed by atoms with Gasteiger partial charge in [-0.3, -0.25) is 10.1 Å². The summed E-state index contributed by atoms with van der Waals surface area (Å²) in [5.74, 6) is -1.27. The van der Waals surface area contributed by atoms with Gasteiger partial charge in [-0.2, -0.15) is 0 Å². The second-order valence-electron chi connectivity index (χ2n) is 5.53. The van der Waals surface area contributed by atoms with Crippen LogP contribution < -0.4 is 10.6 Å². The van der Waals surface area contributed by atoms with Gasteiger partial charge in [0.1, 0.15) is 5.56 Å². The Kier molecular flexibility index (Phi) is 4.42. The number of rotatable bonds is 5. The van der Waals surface area contributed by atoms with Crippen molar-refractivity contribution in [2.24, 2.45) is 0 Å². The molecule has 1 aliphatic heterocycles. The Hall–Kier alpha value is -2.15. The van der Waals surface area contributed by atoms with E-state index in [2.05, 4.69) is 24.5 Å². The van der Waals surface area contributed by atoms with E-state index in [4.69, 9.17) is 5.11 Å². The van der Waals surface area contributed by atoms with E-state index in [1.165, 1.54) is 12.1 Å². The number of aromatic carboxylic acids is 1. The fourth-order valence-corrected chi connectivity index (χ4v) is 2.45. The van der Waals surface area contributed by atoms with Gasteiger partial charge in [-0.15, -0.1) is 0 Å². The van der Waals surface area contributed by atoms with E-state index in [9.17, 15) is 14.9 Å². The van der Waals surface area contributed by atoms with E-state index in [1.54, 1.807) is 0 Å². The first kappa shape index (κ1) is 15.2. The van der Waals surface area contributed by atoms with Crippen molar-refractivity contribution < 1.29 is 14.8 Å². The first-order valence-electron chi connectivity index (χ1n) is 6.93. The van der Waals surface area contributed by atoms with Crippen LogP contribution in [-0.2, 0) is 6.42 Å². The second-order valence-corrected chi connectivity index (χ2v) is 5.53. The van der Waals surface area contributed by atoms with Gasteiger partial charge < -0.3 is 15.7 Å². The molecule has 0 fully saturated rings. The molecule has 0 saturated heterocycles. The van der Waals surface area contributed by atoms with Crippen LogP contribution in [0.3, 0.4) is 0 Å². The normalized spacial score (nSPS) is 17.2. The number of nitrogens with one attached hydrogen (secondary N) is 2. The minimum atomic E-state index is -1.27. The average molecular weight is 293 g/mol. The highest BCUT2D eigenvalue weighted by atomic mass is 16.6. The number of nitrogens with zero attached hydrogens (tertiary/aromatic N) is 1. The van der Waals surface area contributed by atoms with E-state index in [0.717, 1.165) is 18.5 Å². The molecule has 7 nitrogen and oxygen atoms in total. The summed E-state index contributed by atoms with van der Waals surface area (Å²) in [4.78, 5) is 21.5. The third-order valence-electron chi connectivity index (χ3n) is 3.54. The predicted octanol–water partition coefficient (Wildman–Crippen LogP) is 2.02. The van der Waals surface area contributed by atoms with E-state index in [-0.39, 0.29) is 17.3 Å². The van der Waals surface area contributed by atoms with Crippen LogP contribution in [0.2, 0.25) is 0 Å². The van der Waals surface area contributed by atoms with E-state index < -0.39 is 10.9 Å². The SMILES string of the molecule is CC(C)NCC1CCc2cc(C(=O)O)c([N+](=O)[O-])cc2N1. The topological polar surface area (TPSA) is 104 Å². The molecule has 21 heavy (non-hydrogen) atoms. The van der Waals surface area contributed by atoms with Crippen LogP contribution >= 0.6 is 0 Å². The fraction of sp³-hybridized carbons (Fsp3) is 0.500. The quantitative estimate of drug-likeness (QED) is 0.566. The number of hydrogen-bond donors (Lipinski definition) is 3. The third-order valence-corrected chi connectivity index (χ3v) is 3.54. The molecule has 7 heteroatoms. The lowest BCUT2D eigenvalue weighted by molar-refractivity contribution is -0.385. The van der Waals surface area contributed by atoms with Gasteiger partial charge in [0.25, 0.3) is 5.69 Å². The summed E-state index contributed by atoms with van der Waals surface area (Å²) < 4.78 is 0. The van der Waals surface area contributed by atoms with Crippen LogP contribution in [0.15, 0.2) is 12.1 Å². The molecule has 0 bridgehead atoms. The summed E-state index contributed by atoms with van der Waals surface area (Å²) in [7, 11) is 0. The smallest absolute Gasteiger partial charge is 0.342 e. The predicted molar refractivity (Wildman–Crippen MR) is 78.9 cm³/mol. The zero-order valence-electron chi connectivity index (χ0n) is 12.0. The number of carbonyl (C=O) groups is 1. The van der Waals surface area contributed by atoms with Gasteiger partial charge in [0.05, 0.1) is 4.92 Å². The first-order valence-corrected chi connectivity index (χ1v) is 6.93. The van der Waals surface area contributed by atoms with Crippen LogP contribution in [0, 0.1) is 10.1 Å². The first-order chi connectivity index (χ1) is 9.88. The zero-order chi connectivity index (χ0) is 15.6. The van der Waals surface area contributed by atoms with Gasteiger partial charge in [-0.25, -0.2) is 4.79 Å². The van der Waals surface area contributed by atoms with Crippen molar-refractivity contribution in [3.8, 4) is 0 Å². The lowest BCUT2D eigenvalue weighted by Crippen LogP contribution is -2.38. The summed E-state index contributed by atoms with van der Waals surface area (Å²) >= 11 is 0. The summed E-state index contributed by atoms with van der Waals surface area (Å²) in [6.07, 6.45) is 1.58. The molecule has 1 unspecified atom stereocenters. The largest absolute Gasteiger partial charge is 0.477 e. The summed E-state index contributed by atoms with van der Waals surface area (Å²) in [5, 5.41) is 26.7. The molecule has 0 radical (unpaired) electrons. The molecule has 1 heterocycles. The molecule has 0 amide bonds. The fourth-order valence-electron chi connectivity index (χ4n) is 2.45. The van der Waals surface area contributed by atoms with Crippen molar-refractivity contribution in [2.75, 3.05) is 11.9 Å². The molecule has 1 atom stereocenters. The number of nitro groups is 1. The number of fused-ring (bicyclic) bond motifs is 1. The van der Waals surface area contributed by atoms with Crippen molar-refractivity contribution in [3.63, 3.8) is 0 Å². The average Bonchev–Trinajstić information content (AvgIpc) is 2.43. The van der Waals surface area contributed by atoms with Gasteiger partial charge in [-0.1, -0.05) is 13.8 Å². The van der Waals surface area contributed by atoms with Gasteiger partial charge in [0.2, 0.25) is 0 Å². The number of carboxylic acid groups (broad SMARTS) is 1. The van der Waals surface area contributed by atoms with Crippen LogP contribution in [0.25, 0.3) is 0 Å². The Bertz CT molecular complexity index is 572. The maximum atomic E-state index is 11.1.